The van der Waals surface area contributed by atoms with E-state index in [0.29, 0.717) is 23.7 Å². The molecule has 0 aliphatic rings. The first-order valence-electron chi connectivity index (χ1n) is 6.77. The Bertz CT molecular complexity index is 642. The van der Waals surface area contributed by atoms with Crippen molar-refractivity contribution < 1.29 is 19.4 Å². The van der Waals surface area contributed by atoms with Crippen LogP contribution in [0.2, 0.25) is 0 Å². The van der Waals surface area contributed by atoms with Crippen LogP contribution < -0.4 is 14.2 Å². The molecule has 0 saturated heterocycles. The normalized spacial score (nSPS) is 10.7. The number of oxime groups is 1. The van der Waals surface area contributed by atoms with Gasteiger partial charge in [0.15, 0.2) is 11.5 Å². The zero-order valence-corrected chi connectivity index (χ0v) is 12.9. The average Bonchev–Trinajstić information content (AvgIpc) is 2.55. The molecule has 0 aromatic heterocycles. The molecule has 0 fully saturated rings. The minimum atomic E-state index is 0.568. The second kappa shape index (κ2) is 7.36. The molecule has 0 radical (unpaired) electrons. The van der Waals surface area contributed by atoms with Crippen LogP contribution in [0.3, 0.4) is 0 Å². The third-order valence-corrected chi connectivity index (χ3v) is 3.37. The lowest BCUT2D eigenvalue weighted by Crippen LogP contribution is -1.99. The van der Waals surface area contributed by atoms with E-state index in [4.69, 9.17) is 19.4 Å². The first-order chi connectivity index (χ1) is 10.7. The molecule has 5 heteroatoms. The number of rotatable bonds is 6. The van der Waals surface area contributed by atoms with E-state index in [1.165, 1.54) is 6.21 Å². The van der Waals surface area contributed by atoms with E-state index in [9.17, 15) is 0 Å². The van der Waals surface area contributed by atoms with E-state index in [2.05, 4.69) is 5.16 Å². The van der Waals surface area contributed by atoms with Crippen molar-refractivity contribution in [2.45, 2.75) is 6.42 Å². The Morgan fingerprint density at radius 2 is 1.64 bits per heavy atom. The van der Waals surface area contributed by atoms with E-state index in [0.717, 1.165) is 16.7 Å². The molecule has 0 aliphatic heterocycles. The van der Waals surface area contributed by atoms with Crippen molar-refractivity contribution in [1.82, 2.24) is 0 Å². The lowest BCUT2D eigenvalue weighted by Gasteiger charge is -2.14. The summed E-state index contributed by atoms with van der Waals surface area (Å²) in [7, 11) is 4.76. The van der Waals surface area contributed by atoms with Gasteiger partial charge in [0.05, 0.1) is 27.5 Å². The first-order valence-corrected chi connectivity index (χ1v) is 6.77. The van der Waals surface area contributed by atoms with Gasteiger partial charge in [-0.3, -0.25) is 0 Å². The highest BCUT2D eigenvalue weighted by Gasteiger charge is 2.14. The minimum absolute atomic E-state index is 0.568. The van der Waals surface area contributed by atoms with Crippen molar-refractivity contribution in [1.29, 1.82) is 0 Å². The van der Waals surface area contributed by atoms with E-state index < -0.39 is 0 Å². The fourth-order valence-electron chi connectivity index (χ4n) is 2.34. The largest absolute Gasteiger partial charge is 0.493 e. The minimum Gasteiger partial charge on any atom is -0.493 e. The monoisotopic (exact) mass is 301 g/mol. The fraction of sp³-hybridized carbons (Fsp3) is 0.235. The molecule has 0 heterocycles. The summed E-state index contributed by atoms with van der Waals surface area (Å²) in [4.78, 5) is 0. The van der Waals surface area contributed by atoms with Crippen LogP contribution in [0.4, 0.5) is 0 Å². The third-order valence-electron chi connectivity index (χ3n) is 3.37. The van der Waals surface area contributed by atoms with Gasteiger partial charge in [-0.05, 0) is 35.2 Å². The summed E-state index contributed by atoms with van der Waals surface area (Å²) in [5.74, 6) is 1.80. The Morgan fingerprint density at radius 3 is 2.18 bits per heavy atom. The van der Waals surface area contributed by atoms with Crippen molar-refractivity contribution in [2.75, 3.05) is 21.3 Å². The predicted octanol–water partition coefficient (Wildman–Crippen LogP) is 3.11. The van der Waals surface area contributed by atoms with Crippen LogP contribution in [0.5, 0.6) is 17.2 Å². The van der Waals surface area contributed by atoms with E-state index in [1.807, 2.05) is 36.4 Å². The lowest BCUT2D eigenvalue weighted by atomic mass is 9.99. The zero-order chi connectivity index (χ0) is 15.9. The van der Waals surface area contributed by atoms with Crippen LogP contribution in [0, 0.1) is 0 Å². The van der Waals surface area contributed by atoms with Gasteiger partial charge in [-0.2, -0.15) is 0 Å². The highest BCUT2D eigenvalue weighted by atomic mass is 16.5. The fourth-order valence-corrected chi connectivity index (χ4v) is 2.34. The molecule has 2 aromatic rings. The van der Waals surface area contributed by atoms with Gasteiger partial charge in [-0.25, -0.2) is 0 Å². The molecular weight excluding hydrogens is 282 g/mol. The molecule has 5 nitrogen and oxygen atoms in total. The average molecular weight is 301 g/mol. The van der Waals surface area contributed by atoms with Crippen LogP contribution in [0.25, 0.3) is 0 Å². The van der Waals surface area contributed by atoms with Crippen molar-refractivity contribution in [2.24, 2.45) is 5.16 Å². The maximum absolute atomic E-state index is 8.76. The summed E-state index contributed by atoms with van der Waals surface area (Å²) in [6, 6.07) is 11.5. The van der Waals surface area contributed by atoms with Gasteiger partial charge in [0.1, 0.15) is 0 Å². The number of ether oxygens (including phenoxy) is 3. The summed E-state index contributed by atoms with van der Waals surface area (Å²) >= 11 is 0. The van der Waals surface area contributed by atoms with Gasteiger partial charge >= 0.3 is 0 Å². The molecule has 2 rings (SSSR count). The summed E-state index contributed by atoms with van der Waals surface area (Å²) in [5, 5.41) is 11.9. The van der Waals surface area contributed by atoms with Gasteiger partial charge in [0.25, 0.3) is 0 Å². The number of nitrogens with zero attached hydrogens (tertiary/aromatic N) is 1. The molecular formula is C17H19NO4. The standard InChI is InChI=1S/C17H19NO4/c1-20-15-9-12(10-16(21-2)17(15)22-3)8-13-6-4-5-7-14(13)11-18-19/h4-7,9-11,19H,8H2,1-3H3. The molecule has 1 N–H and O–H groups in total. The Hall–Kier alpha value is -2.69. The molecule has 22 heavy (non-hydrogen) atoms. The van der Waals surface area contributed by atoms with Gasteiger partial charge in [-0.15, -0.1) is 0 Å². The van der Waals surface area contributed by atoms with Gasteiger partial charge in [-0.1, -0.05) is 29.4 Å². The Kier molecular flexibility index (Phi) is 5.25. The summed E-state index contributed by atoms with van der Waals surface area (Å²) in [6.07, 6.45) is 2.08. The second-order valence-corrected chi connectivity index (χ2v) is 4.65. The maximum atomic E-state index is 8.76. The molecule has 2 aromatic carbocycles. The maximum Gasteiger partial charge on any atom is 0.203 e. The van der Waals surface area contributed by atoms with E-state index in [1.54, 1.807) is 21.3 Å². The Labute approximate surface area is 129 Å². The lowest BCUT2D eigenvalue weighted by molar-refractivity contribution is 0.322. The molecule has 0 aliphatic carbocycles. The van der Waals surface area contributed by atoms with Gasteiger partial charge in [0, 0.05) is 0 Å². The summed E-state index contributed by atoms with van der Waals surface area (Å²) < 4.78 is 16.0. The number of methoxy groups -OCH3 is 3. The van der Waals surface area contributed by atoms with Crippen LogP contribution in [0.1, 0.15) is 16.7 Å². The number of benzene rings is 2. The molecule has 0 spiro atoms. The number of hydrogen-bond donors (Lipinski definition) is 1. The van der Waals surface area contributed by atoms with Gasteiger partial charge < -0.3 is 19.4 Å². The van der Waals surface area contributed by atoms with E-state index >= 15 is 0 Å². The van der Waals surface area contributed by atoms with Crippen molar-refractivity contribution in [3.63, 3.8) is 0 Å². The SMILES string of the molecule is COc1cc(Cc2ccccc2C=NO)cc(OC)c1OC. The molecule has 0 bridgehead atoms. The summed E-state index contributed by atoms with van der Waals surface area (Å²) in [5.41, 5.74) is 2.90. The topological polar surface area (TPSA) is 60.3 Å². The Balaban J connectivity index is 2.42. The highest BCUT2D eigenvalue weighted by molar-refractivity contribution is 5.81. The smallest absolute Gasteiger partial charge is 0.203 e. The second-order valence-electron chi connectivity index (χ2n) is 4.65. The van der Waals surface area contributed by atoms with Crippen LogP contribution >= 0.6 is 0 Å². The molecule has 0 amide bonds. The Morgan fingerprint density at radius 1 is 1.00 bits per heavy atom. The molecule has 0 atom stereocenters. The van der Waals surface area contributed by atoms with Crippen LogP contribution in [-0.4, -0.2) is 32.8 Å². The van der Waals surface area contributed by atoms with E-state index in [-0.39, 0.29) is 0 Å². The first kappa shape index (κ1) is 15.7. The molecule has 116 valence electrons. The quantitative estimate of drug-likeness (QED) is 0.506. The predicted molar refractivity (Wildman–Crippen MR) is 84.7 cm³/mol. The zero-order valence-electron chi connectivity index (χ0n) is 12.9. The third kappa shape index (κ3) is 3.31. The van der Waals surface area contributed by atoms with Crippen molar-refractivity contribution in [3.8, 4) is 17.2 Å². The van der Waals surface area contributed by atoms with Crippen LogP contribution in [-0.2, 0) is 6.42 Å². The van der Waals surface area contributed by atoms with Gasteiger partial charge in [0.2, 0.25) is 5.75 Å². The summed E-state index contributed by atoms with van der Waals surface area (Å²) in [6.45, 7) is 0. The highest BCUT2D eigenvalue weighted by Crippen LogP contribution is 2.38. The van der Waals surface area contributed by atoms with Crippen molar-refractivity contribution in [3.05, 3.63) is 53.1 Å². The molecule has 0 saturated carbocycles. The van der Waals surface area contributed by atoms with Crippen molar-refractivity contribution >= 4 is 6.21 Å². The number of hydrogen-bond acceptors (Lipinski definition) is 5. The van der Waals surface area contributed by atoms with Crippen LogP contribution in [0.15, 0.2) is 41.6 Å². The molecule has 0 unspecified atom stereocenters.